The Bertz CT molecular complexity index is 773. The van der Waals surface area contributed by atoms with Crippen LogP contribution in [0.1, 0.15) is 18.4 Å². The summed E-state index contributed by atoms with van der Waals surface area (Å²) in [6, 6.07) is 13.3. The van der Waals surface area contributed by atoms with E-state index in [2.05, 4.69) is 45.6 Å². The Hall–Kier alpha value is -2.26. The summed E-state index contributed by atoms with van der Waals surface area (Å²) in [6.07, 6.45) is 8.32. The van der Waals surface area contributed by atoms with E-state index in [0.29, 0.717) is 6.04 Å². The molecular formula is C18H17N3. The fraction of sp³-hybridized carbons (Fsp3) is 0.222. The zero-order chi connectivity index (χ0) is 14.1. The van der Waals surface area contributed by atoms with E-state index in [1.807, 2.05) is 24.7 Å². The van der Waals surface area contributed by atoms with Crippen molar-refractivity contribution in [2.45, 2.75) is 25.4 Å². The first-order valence-corrected chi connectivity index (χ1v) is 7.41. The van der Waals surface area contributed by atoms with Crippen molar-refractivity contribution in [2.75, 3.05) is 0 Å². The Morgan fingerprint density at radius 1 is 1.10 bits per heavy atom. The Kier molecular flexibility index (Phi) is 3.13. The quantitative estimate of drug-likeness (QED) is 0.791. The number of rotatable bonds is 4. The van der Waals surface area contributed by atoms with Gasteiger partial charge in [0.25, 0.3) is 0 Å². The topological polar surface area (TPSA) is 37.8 Å². The Labute approximate surface area is 124 Å². The van der Waals surface area contributed by atoms with Crippen LogP contribution in [0.15, 0.2) is 55.0 Å². The molecule has 3 nitrogen and oxygen atoms in total. The number of pyridine rings is 2. The molecule has 1 saturated carbocycles. The Morgan fingerprint density at radius 2 is 2.00 bits per heavy atom. The molecule has 0 bridgehead atoms. The van der Waals surface area contributed by atoms with Crippen LogP contribution in [-0.4, -0.2) is 16.0 Å². The van der Waals surface area contributed by atoms with Crippen LogP contribution in [0.25, 0.3) is 22.0 Å². The highest BCUT2D eigenvalue weighted by Gasteiger charge is 2.20. The molecule has 2 aromatic heterocycles. The van der Waals surface area contributed by atoms with Gasteiger partial charge >= 0.3 is 0 Å². The van der Waals surface area contributed by atoms with Crippen molar-refractivity contribution in [3.05, 3.63) is 60.6 Å². The van der Waals surface area contributed by atoms with Gasteiger partial charge in [0.05, 0.1) is 5.52 Å². The lowest BCUT2D eigenvalue weighted by Crippen LogP contribution is -2.15. The average Bonchev–Trinajstić information content (AvgIpc) is 3.37. The predicted octanol–water partition coefficient (Wildman–Crippen LogP) is 3.55. The second kappa shape index (κ2) is 5.26. The van der Waals surface area contributed by atoms with Gasteiger partial charge in [-0.1, -0.05) is 24.3 Å². The van der Waals surface area contributed by atoms with E-state index < -0.39 is 0 Å². The standard InChI is InChI=1S/C18H17N3/c1-3-14-4-2-8-20-18(14)17(5-1)15-9-13(10-19-12-15)11-21-16-6-7-16/h1-5,8-10,12,16,21H,6-7,11H2. The van der Waals surface area contributed by atoms with E-state index in [-0.39, 0.29) is 0 Å². The van der Waals surface area contributed by atoms with Crippen molar-refractivity contribution in [3.8, 4) is 11.1 Å². The van der Waals surface area contributed by atoms with Crippen molar-refractivity contribution in [2.24, 2.45) is 0 Å². The summed E-state index contributed by atoms with van der Waals surface area (Å²) in [7, 11) is 0. The third-order valence-corrected chi connectivity index (χ3v) is 3.91. The van der Waals surface area contributed by atoms with E-state index in [1.165, 1.54) is 18.4 Å². The molecule has 104 valence electrons. The highest BCUT2D eigenvalue weighted by atomic mass is 14.9. The SMILES string of the molecule is c1cnc2c(-c3cncc(CNC4CC4)c3)cccc2c1. The van der Waals surface area contributed by atoms with Crippen LogP contribution < -0.4 is 5.32 Å². The number of hydrogen-bond acceptors (Lipinski definition) is 3. The monoisotopic (exact) mass is 275 g/mol. The highest BCUT2D eigenvalue weighted by molar-refractivity contribution is 5.93. The van der Waals surface area contributed by atoms with Crippen LogP contribution in [-0.2, 0) is 6.54 Å². The first-order chi connectivity index (χ1) is 10.4. The molecule has 2 heterocycles. The molecule has 0 spiro atoms. The normalized spacial score (nSPS) is 14.5. The molecule has 1 aliphatic rings. The van der Waals surface area contributed by atoms with E-state index in [0.717, 1.165) is 28.6 Å². The van der Waals surface area contributed by atoms with Gasteiger partial charge in [-0.3, -0.25) is 9.97 Å². The lowest BCUT2D eigenvalue weighted by atomic mass is 10.0. The summed E-state index contributed by atoms with van der Waals surface area (Å²) in [5.41, 5.74) is 4.55. The highest BCUT2D eigenvalue weighted by Crippen LogP contribution is 2.27. The van der Waals surface area contributed by atoms with Gasteiger partial charge in [0.2, 0.25) is 0 Å². The van der Waals surface area contributed by atoms with Crippen LogP contribution in [0.4, 0.5) is 0 Å². The Balaban J connectivity index is 1.72. The fourth-order valence-electron chi connectivity index (χ4n) is 2.62. The van der Waals surface area contributed by atoms with E-state index >= 15 is 0 Å². The van der Waals surface area contributed by atoms with E-state index in [1.54, 1.807) is 0 Å². The number of fused-ring (bicyclic) bond motifs is 1. The first kappa shape index (κ1) is 12.5. The van der Waals surface area contributed by atoms with Crippen LogP contribution in [0.3, 0.4) is 0 Å². The van der Waals surface area contributed by atoms with Crippen LogP contribution in [0, 0.1) is 0 Å². The molecule has 0 amide bonds. The third kappa shape index (κ3) is 2.65. The molecule has 0 atom stereocenters. The number of benzene rings is 1. The Morgan fingerprint density at radius 3 is 2.90 bits per heavy atom. The van der Waals surface area contributed by atoms with E-state index in [4.69, 9.17) is 0 Å². The van der Waals surface area contributed by atoms with Gasteiger partial charge in [0.15, 0.2) is 0 Å². The van der Waals surface area contributed by atoms with Crippen molar-refractivity contribution in [3.63, 3.8) is 0 Å². The average molecular weight is 275 g/mol. The number of nitrogens with zero attached hydrogens (tertiary/aromatic N) is 2. The molecule has 0 aliphatic heterocycles. The van der Waals surface area contributed by atoms with Gasteiger partial charge in [0.1, 0.15) is 0 Å². The lowest BCUT2D eigenvalue weighted by molar-refractivity contribution is 0.686. The van der Waals surface area contributed by atoms with Crippen molar-refractivity contribution in [1.82, 2.24) is 15.3 Å². The van der Waals surface area contributed by atoms with Crippen LogP contribution in [0.5, 0.6) is 0 Å². The smallest absolute Gasteiger partial charge is 0.0780 e. The molecule has 3 heteroatoms. The summed E-state index contributed by atoms with van der Waals surface area (Å²) in [5.74, 6) is 0. The maximum absolute atomic E-state index is 4.53. The van der Waals surface area contributed by atoms with Gasteiger partial charge in [0, 0.05) is 47.7 Å². The van der Waals surface area contributed by atoms with Crippen LogP contribution in [0.2, 0.25) is 0 Å². The summed E-state index contributed by atoms with van der Waals surface area (Å²) in [5, 5.41) is 4.70. The number of hydrogen-bond donors (Lipinski definition) is 1. The molecule has 1 aromatic carbocycles. The summed E-state index contributed by atoms with van der Waals surface area (Å²) in [4.78, 5) is 8.93. The first-order valence-electron chi connectivity index (χ1n) is 7.41. The minimum absolute atomic E-state index is 0.716. The largest absolute Gasteiger partial charge is 0.310 e. The van der Waals surface area contributed by atoms with Gasteiger partial charge < -0.3 is 5.32 Å². The van der Waals surface area contributed by atoms with Gasteiger partial charge in [-0.2, -0.15) is 0 Å². The second-order valence-corrected chi connectivity index (χ2v) is 5.62. The molecule has 21 heavy (non-hydrogen) atoms. The van der Waals surface area contributed by atoms with Gasteiger partial charge in [-0.15, -0.1) is 0 Å². The second-order valence-electron chi connectivity index (χ2n) is 5.62. The summed E-state index contributed by atoms with van der Waals surface area (Å²) in [6.45, 7) is 0.893. The maximum Gasteiger partial charge on any atom is 0.0780 e. The molecule has 4 rings (SSSR count). The van der Waals surface area contributed by atoms with Crippen LogP contribution >= 0.6 is 0 Å². The number of para-hydroxylation sites is 1. The minimum atomic E-state index is 0.716. The molecule has 1 fully saturated rings. The molecule has 0 saturated heterocycles. The van der Waals surface area contributed by atoms with Crippen molar-refractivity contribution in [1.29, 1.82) is 0 Å². The zero-order valence-corrected chi connectivity index (χ0v) is 11.8. The summed E-state index contributed by atoms with van der Waals surface area (Å²) >= 11 is 0. The van der Waals surface area contributed by atoms with Gasteiger partial charge in [-0.25, -0.2) is 0 Å². The molecular weight excluding hydrogens is 258 g/mol. The molecule has 0 radical (unpaired) electrons. The maximum atomic E-state index is 4.53. The van der Waals surface area contributed by atoms with Crippen molar-refractivity contribution < 1.29 is 0 Å². The molecule has 3 aromatic rings. The van der Waals surface area contributed by atoms with Gasteiger partial charge in [-0.05, 0) is 30.5 Å². The van der Waals surface area contributed by atoms with Crippen molar-refractivity contribution >= 4 is 10.9 Å². The molecule has 1 N–H and O–H groups in total. The summed E-state index contributed by atoms with van der Waals surface area (Å²) < 4.78 is 0. The zero-order valence-electron chi connectivity index (χ0n) is 11.8. The predicted molar refractivity (Wildman–Crippen MR) is 84.8 cm³/mol. The molecule has 0 unspecified atom stereocenters. The fourth-order valence-corrected chi connectivity index (χ4v) is 2.62. The minimum Gasteiger partial charge on any atom is -0.310 e. The number of nitrogens with one attached hydrogen (secondary N) is 1. The third-order valence-electron chi connectivity index (χ3n) is 3.91. The lowest BCUT2D eigenvalue weighted by Gasteiger charge is -2.08. The molecule has 1 aliphatic carbocycles. The number of aromatic nitrogens is 2. The van der Waals surface area contributed by atoms with E-state index in [9.17, 15) is 0 Å².